The minimum Gasteiger partial charge on any atom is -0.485 e. The molecule has 3 aromatic heterocycles. The van der Waals surface area contributed by atoms with Gasteiger partial charge >= 0.3 is 0 Å². The number of aromatic amines is 1. The van der Waals surface area contributed by atoms with Crippen LogP contribution in [-0.4, -0.2) is 37.1 Å². The van der Waals surface area contributed by atoms with Gasteiger partial charge < -0.3 is 14.5 Å². The van der Waals surface area contributed by atoms with Crippen LogP contribution in [0.15, 0.2) is 24.8 Å². The Bertz CT molecular complexity index is 1200. The van der Waals surface area contributed by atoms with Gasteiger partial charge in [-0.1, -0.05) is 11.6 Å². The van der Waals surface area contributed by atoms with Crippen molar-refractivity contribution in [2.45, 2.75) is 18.9 Å². The number of fused-ring (bicyclic) bond motifs is 2. The Morgan fingerprint density at radius 1 is 1.37 bits per heavy atom. The van der Waals surface area contributed by atoms with Crippen LogP contribution in [0.1, 0.15) is 12.8 Å². The zero-order valence-electron chi connectivity index (χ0n) is 13.7. The maximum atomic E-state index is 15.0. The molecule has 1 saturated carbocycles. The van der Waals surface area contributed by atoms with Gasteiger partial charge in [0.2, 0.25) is 6.41 Å². The number of halogens is 2. The van der Waals surface area contributed by atoms with Crippen molar-refractivity contribution in [3.05, 3.63) is 35.6 Å². The molecule has 4 aromatic rings. The summed E-state index contributed by atoms with van der Waals surface area (Å²) in [7, 11) is 0. The molecule has 136 valence electrons. The van der Waals surface area contributed by atoms with Gasteiger partial charge in [-0.05, 0) is 12.8 Å². The van der Waals surface area contributed by atoms with Crippen LogP contribution < -0.4 is 10.1 Å². The molecule has 0 aliphatic heterocycles. The highest BCUT2D eigenvalue weighted by Gasteiger charge is 2.29. The number of hydrogen-bond acceptors (Lipinski definition) is 5. The Balaban J connectivity index is 1.70. The van der Waals surface area contributed by atoms with Gasteiger partial charge in [0.1, 0.15) is 5.52 Å². The van der Waals surface area contributed by atoms with Crippen molar-refractivity contribution in [1.29, 1.82) is 0 Å². The summed E-state index contributed by atoms with van der Waals surface area (Å²) < 4.78 is 22.3. The first-order valence-electron chi connectivity index (χ1n) is 8.21. The topological polar surface area (TPSA) is 97.2 Å². The fourth-order valence-electron chi connectivity index (χ4n) is 2.96. The second kappa shape index (κ2) is 5.92. The predicted molar refractivity (Wildman–Crippen MR) is 96.4 cm³/mol. The van der Waals surface area contributed by atoms with E-state index in [9.17, 15) is 9.18 Å². The van der Waals surface area contributed by atoms with Crippen LogP contribution in [0.25, 0.3) is 27.8 Å². The highest BCUT2D eigenvalue weighted by Crippen LogP contribution is 2.43. The van der Waals surface area contributed by atoms with Crippen molar-refractivity contribution in [3.63, 3.8) is 0 Å². The number of nitrogens with zero attached hydrogens (tertiary/aromatic N) is 4. The van der Waals surface area contributed by atoms with E-state index in [0.29, 0.717) is 40.0 Å². The molecule has 2 N–H and O–H groups in total. The molecule has 1 amide bonds. The highest BCUT2D eigenvalue weighted by atomic mass is 35.5. The van der Waals surface area contributed by atoms with E-state index in [-0.39, 0.29) is 16.9 Å². The molecule has 0 spiro atoms. The highest BCUT2D eigenvalue weighted by molar-refractivity contribution is 6.35. The maximum absolute atomic E-state index is 15.0. The van der Waals surface area contributed by atoms with E-state index in [2.05, 4.69) is 25.5 Å². The molecule has 5 rings (SSSR count). The third-order valence-electron chi connectivity index (χ3n) is 4.36. The van der Waals surface area contributed by atoms with Gasteiger partial charge in [0.25, 0.3) is 0 Å². The van der Waals surface area contributed by atoms with E-state index in [0.717, 1.165) is 12.8 Å². The fourth-order valence-corrected chi connectivity index (χ4v) is 3.24. The smallest absolute Gasteiger partial charge is 0.212 e. The lowest BCUT2D eigenvalue weighted by molar-refractivity contribution is -0.105. The molecule has 0 saturated heterocycles. The van der Waals surface area contributed by atoms with Crippen molar-refractivity contribution in [1.82, 2.24) is 24.6 Å². The van der Waals surface area contributed by atoms with Gasteiger partial charge in [-0.2, -0.15) is 5.10 Å². The number of carbonyl (C=O) groups is 1. The lowest BCUT2D eigenvalue weighted by Gasteiger charge is -2.12. The normalized spacial score (nSPS) is 14.0. The number of imidazole rings is 1. The van der Waals surface area contributed by atoms with Crippen LogP contribution in [0.5, 0.6) is 5.75 Å². The third-order valence-corrected chi connectivity index (χ3v) is 4.72. The van der Waals surface area contributed by atoms with Gasteiger partial charge in [0.15, 0.2) is 23.0 Å². The van der Waals surface area contributed by atoms with Crippen molar-refractivity contribution < 1.29 is 13.9 Å². The summed E-state index contributed by atoms with van der Waals surface area (Å²) >= 11 is 6.36. The first kappa shape index (κ1) is 16.0. The molecular weight excluding hydrogens is 375 g/mol. The summed E-state index contributed by atoms with van der Waals surface area (Å²) in [5.74, 6) is -0.186. The Hall–Kier alpha value is -3.20. The maximum Gasteiger partial charge on any atom is 0.212 e. The number of carbonyl (C=O) groups excluding carboxylic acids is 1. The molecule has 1 aromatic carbocycles. The van der Waals surface area contributed by atoms with Crippen LogP contribution in [0.4, 0.5) is 10.2 Å². The first-order chi connectivity index (χ1) is 13.2. The molecule has 1 aliphatic rings. The Labute approximate surface area is 156 Å². The summed E-state index contributed by atoms with van der Waals surface area (Å²) in [4.78, 5) is 19.1. The Morgan fingerprint density at radius 2 is 2.22 bits per heavy atom. The van der Waals surface area contributed by atoms with Gasteiger partial charge in [0.05, 0.1) is 35.4 Å². The lowest BCUT2D eigenvalue weighted by atomic mass is 10.1. The van der Waals surface area contributed by atoms with Crippen molar-refractivity contribution in [2.24, 2.45) is 0 Å². The van der Waals surface area contributed by atoms with Crippen LogP contribution in [0, 0.1) is 5.82 Å². The van der Waals surface area contributed by atoms with Crippen molar-refractivity contribution >= 4 is 40.4 Å². The molecular formula is C17H12ClFN6O2. The predicted octanol–water partition coefficient (Wildman–Crippen LogP) is 3.17. The third kappa shape index (κ3) is 2.58. The van der Waals surface area contributed by atoms with E-state index in [1.807, 2.05) is 0 Å². The molecule has 0 radical (unpaired) electrons. The van der Waals surface area contributed by atoms with Gasteiger partial charge in [-0.15, -0.1) is 0 Å². The summed E-state index contributed by atoms with van der Waals surface area (Å²) in [6, 6.07) is 0. The van der Waals surface area contributed by atoms with Gasteiger partial charge in [-0.25, -0.2) is 9.37 Å². The molecule has 3 heterocycles. The fraction of sp³-hybridized carbons (Fsp3) is 0.176. The minimum atomic E-state index is -0.647. The monoisotopic (exact) mass is 386 g/mol. The van der Waals surface area contributed by atoms with Gasteiger partial charge in [0, 0.05) is 17.1 Å². The summed E-state index contributed by atoms with van der Waals surface area (Å²) in [5.41, 5.74) is 1.80. The summed E-state index contributed by atoms with van der Waals surface area (Å²) in [6.07, 6.45) is 8.69. The SMILES string of the molecule is O=CNc1cn2cc(-c3c(Cl)c(F)c(OC4CC4)c4[nH]ncc34)ncc2n1. The average molecular weight is 387 g/mol. The number of rotatable bonds is 5. The number of hydrogen-bond donors (Lipinski definition) is 2. The second-order valence-electron chi connectivity index (χ2n) is 6.23. The number of amides is 1. The second-order valence-corrected chi connectivity index (χ2v) is 6.61. The Morgan fingerprint density at radius 3 is 3.00 bits per heavy atom. The zero-order valence-corrected chi connectivity index (χ0v) is 14.5. The average Bonchev–Trinajstić information content (AvgIpc) is 3.19. The molecule has 0 bridgehead atoms. The molecule has 8 nitrogen and oxygen atoms in total. The molecule has 0 atom stereocenters. The molecule has 27 heavy (non-hydrogen) atoms. The standard InChI is InChI=1S/C17H12ClFN6O2/c18-14-13(10-5-25-6-11(21-7-26)23-12(25)4-20-10)9-3-22-24-16(9)17(15(14)19)27-8-1-2-8/h3-8H,1-2H2,(H,21,26)(H,22,24). The molecule has 10 heteroatoms. The summed E-state index contributed by atoms with van der Waals surface area (Å²) in [6.45, 7) is 0. The van der Waals surface area contributed by atoms with E-state index in [1.165, 1.54) is 6.20 Å². The Kier molecular flexibility index (Phi) is 3.51. The van der Waals surface area contributed by atoms with Crippen LogP contribution in [0.3, 0.4) is 0 Å². The lowest BCUT2D eigenvalue weighted by Crippen LogP contribution is -2.01. The zero-order chi connectivity index (χ0) is 18.5. The quantitative estimate of drug-likeness (QED) is 0.513. The van der Waals surface area contributed by atoms with Crippen molar-refractivity contribution in [3.8, 4) is 17.0 Å². The molecule has 1 aliphatic carbocycles. The molecule has 0 unspecified atom stereocenters. The van der Waals surface area contributed by atoms with E-state index in [1.54, 1.807) is 23.0 Å². The van der Waals surface area contributed by atoms with Crippen LogP contribution in [-0.2, 0) is 4.79 Å². The number of benzene rings is 1. The van der Waals surface area contributed by atoms with E-state index < -0.39 is 5.82 Å². The number of nitrogens with one attached hydrogen (secondary N) is 2. The number of anilines is 1. The molecule has 1 fully saturated rings. The minimum absolute atomic E-state index is 0.0112. The van der Waals surface area contributed by atoms with Gasteiger partial charge in [-0.3, -0.25) is 14.9 Å². The largest absolute Gasteiger partial charge is 0.485 e. The van der Waals surface area contributed by atoms with Crippen molar-refractivity contribution in [2.75, 3.05) is 5.32 Å². The number of ether oxygens (including phenoxy) is 1. The summed E-state index contributed by atoms with van der Waals surface area (Å²) in [5, 5.41) is 9.81. The van der Waals surface area contributed by atoms with E-state index in [4.69, 9.17) is 16.3 Å². The first-order valence-corrected chi connectivity index (χ1v) is 8.59. The van der Waals surface area contributed by atoms with Crippen LogP contribution >= 0.6 is 11.6 Å². The van der Waals surface area contributed by atoms with E-state index >= 15 is 0 Å². The number of aromatic nitrogens is 5. The number of H-pyrrole nitrogens is 1. The van der Waals surface area contributed by atoms with Crippen LogP contribution in [0.2, 0.25) is 5.02 Å².